The zero-order valence-electron chi connectivity index (χ0n) is 12.6. The van der Waals surface area contributed by atoms with Crippen molar-refractivity contribution in [2.45, 2.75) is 52.2 Å². The highest BCUT2D eigenvalue weighted by Gasteiger charge is 2.32. The summed E-state index contributed by atoms with van der Waals surface area (Å²) in [6.45, 7) is 11.3. The maximum Gasteiger partial charge on any atom is 0.235 e. The van der Waals surface area contributed by atoms with Crippen LogP contribution in [0.25, 0.3) is 0 Å². The maximum atomic E-state index is 12.1. The van der Waals surface area contributed by atoms with Crippen LogP contribution in [0.1, 0.15) is 34.6 Å². The zero-order chi connectivity index (χ0) is 14.6. The van der Waals surface area contributed by atoms with Crippen LogP contribution >= 0.6 is 0 Å². The maximum absolute atomic E-state index is 12.1. The monoisotopic (exact) mass is 267 g/mol. The van der Waals surface area contributed by atoms with E-state index in [1.54, 1.807) is 6.92 Å². The molecule has 0 bridgehead atoms. The second-order valence-electron chi connectivity index (χ2n) is 5.92. The van der Waals surface area contributed by atoms with Crippen molar-refractivity contribution in [3.8, 4) is 6.07 Å². The average Bonchev–Trinajstić information content (AvgIpc) is 2.33. The number of hydrogen-bond acceptors (Lipinski definition) is 4. The van der Waals surface area contributed by atoms with Gasteiger partial charge in [0.25, 0.3) is 0 Å². The Kier molecular flexibility index (Phi) is 5.33. The molecule has 1 aliphatic heterocycles. The molecule has 1 fully saturated rings. The Bertz CT molecular complexity index is 354. The summed E-state index contributed by atoms with van der Waals surface area (Å²) in [4.78, 5) is 14.3. The molecule has 0 spiro atoms. The van der Waals surface area contributed by atoms with Gasteiger partial charge in [0.15, 0.2) is 0 Å². The predicted molar refractivity (Wildman–Crippen MR) is 73.4 cm³/mol. The van der Waals surface area contributed by atoms with Crippen LogP contribution in [0, 0.1) is 17.2 Å². The molecule has 0 unspecified atom stereocenters. The number of hydrogen-bond donors (Lipinski definition) is 1. The Balaban J connectivity index is 2.62. The molecule has 1 aliphatic rings. The fourth-order valence-electron chi connectivity index (χ4n) is 2.14. The lowest BCUT2D eigenvalue weighted by Gasteiger charge is -2.39. The Hall–Kier alpha value is -1.12. The fourth-order valence-corrected chi connectivity index (χ4v) is 2.14. The third-order valence-electron chi connectivity index (χ3n) is 3.96. The number of nitriles is 1. The number of ether oxygens (including phenoxy) is 1. The van der Waals surface area contributed by atoms with Crippen LogP contribution in [-0.2, 0) is 9.53 Å². The van der Waals surface area contributed by atoms with Crippen LogP contribution in [0.2, 0.25) is 0 Å². The van der Waals surface area contributed by atoms with Crippen LogP contribution in [-0.4, -0.2) is 48.2 Å². The first-order chi connectivity index (χ1) is 8.80. The van der Waals surface area contributed by atoms with E-state index in [2.05, 4.69) is 30.1 Å². The van der Waals surface area contributed by atoms with Crippen molar-refractivity contribution in [1.82, 2.24) is 10.2 Å². The summed E-state index contributed by atoms with van der Waals surface area (Å²) in [7, 11) is 0. The van der Waals surface area contributed by atoms with Gasteiger partial charge in [-0.1, -0.05) is 13.8 Å². The third kappa shape index (κ3) is 3.92. The summed E-state index contributed by atoms with van der Waals surface area (Å²) in [5, 5.41) is 12.1. The molecule has 0 aromatic heterocycles. The molecule has 0 aromatic rings. The number of rotatable bonds is 4. The Morgan fingerprint density at radius 1 is 1.47 bits per heavy atom. The first-order valence-electron chi connectivity index (χ1n) is 6.86. The second-order valence-corrected chi connectivity index (χ2v) is 5.92. The van der Waals surface area contributed by atoms with E-state index in [4.69, 9.17) is 4.74 Å². The van der Waals surface area contributed by atoms with Gasteiger partial charge >= 0.3 is 0 Å². The summed E-state index contributed by atoms with van der Waals surface area (Å²) in [6.07, 6.45) is 0. The van der Waals surface area contributed by atoms with E-state index in [0.717, 1.165) is 0 Å². The lowest BCUT2D eigenvalue weighted by Crippen LogP contribution is -2.56. The molecule has 5 nitrogen and oxygen atoms in total. The SMILES string of the molecule is CC(C)[C@](C)(C#N)NC(=O)CN1[C@H](C)COC[C@H]1C. The molecule has 0 aliphatic carbocycles. The number of nitrogens with one attached hydrogen (secondary N) is 1. The molecule has 1 rings (SSSR count). The molecule has 108 valence electrons. The minimum atomic E-state index is -0.810. The summed E-state index contributed by atoms with van der Waals surface area (Å²) in [5.74, 6) is -0.0284. The lowest BCUT2D eigenvalue weighted by molar-refractivity contribution is -0.127. The summed E-state index contributed by atoms with van der Waals surface area (Å²) >= 11 is 0. The van der Waals surface area contributed by atoms with Gasteiger partial charge in [-0.2, -0.15) is 5.26 Å². The smallest absolute Gasteiger partial charge is 0.235 e. The van der Waals surface area contributed by atoms with E-state index in [1.165, 1.54) is 0 Å². The molecule has 5 heteroatoms. The van der Waals surface area contributed by atoms with E-state index >= 15 is 0 Å². The van der Waals surface area contributed by atoms with Crippen LogP contribution in [0.3, 0.4) is 0 Å². The van der Waals surface area contributed by atoms with E-state index in [1.807, 2.05) is 13.8 Å². The number of carbonyl (C=O) groups excluding carboxylic acids is 1. The minimum Gasteiger partial charge on any atom is -0.378 e. The van der Waals surface area contributed by atoms with Crippen LogP contribution < -0.4 is 5.32 Å². The minimum absolute atomic E-state index is 0.0704. The molecule has 3 atom stereocenters. The Labute approximate surface area is 115 Å². The van der Waals surface area contributed by atoms with Crippen molar-refractivity contribution in [2.24, 2.45) is 5.92 Å². The van der Waals surface area contributed by atoms with Gasteiger partial charge < -0.3 is 10.1 Å². The molecule has 0 saturated carbocycles. The average molecular weight is 267 g/mol. The Morgan fingerprint density at radius 2 is 2.00 bits per heavy atom. The number of amides is 1. The number of nitrogens with zero attached hydrogens (tertiary/aromatic N) is 2. The zero-order valence-corrected chi connectivity index (χ0v) is 12.6. The number of carbonyl (C=O) groups is 1. The van der Waals surface area contributed by atoms with Crippen molar-refractivity contribution < 1.29 is 9.53 Å². The van der Waals surface area contributed by atoms with E-state index in [0.29, 0.717) is 19.8 Å². The van der Waals surface area contributed by atoms with Gasteiger partial charge in [0.2, 0.25) is 5.91 Å². The van der Waals surface area contributed by atoms with Gasteiger partial charge in [-0.15, -0.1) is 0 Å². The molecule has 0 radical (unpaired) electrons. The number of morpholine rings is 1. The van der Waals surface area contributed by atoms with Crippen molar-refractivity contribution >= 4 is 5.91 Å². The molecule has 1 amide bonds. The first-order valence-corrected chi connectivity index (χ1v) is 6.86. The van der Waals surface area contributed by atoms with Crippen molar-refractivity contribution in [1.29, 1.82) is 5.26 Å². The molecule has 19 heavy (non-hydrogen) atoms. The second kappa shape index (κ2) is 6.36. The highest BCUT2D eigenvalue weighted by Crippen LogP contribution is 2.16. The first kappa shape index (κ1) is 15.9. The van der Waals surface area contributed by atoms with Crippen molar-refractivity contribution in [3.63, 3.8) is 0 Å². The molecule has 1 N–H and O–H groups in total. The topological polar surface area (TPSA) is 65.4 Å². The van der Waals surface area contributed by atoms with Gasteiger partial charge in [0.05, 0.1) is 25.8 Å². The highest BCUT2D eigenvalue weighted by molar-refractivity contribution is 5.79. The summed E-state index contributed by atoms with van der Waals surface area (Å²) in [6, 6.07) is 2.64. The molecule has 1 heterocycles. The largest absolute Gasteiger partial charge is 0.378 e. The van der Waals surface area contributed by atoms with Crippen LogP contribution in [0.4, 0.5) is 0 Å². The van der Waals surface area contributed by atoms with Crippen molar-refractivity contribution in [2.75, 3.05) is 19.8 Å². The Morgan fingerprint density at radius 3 is 2.42 bits per heavy atom. The molecule has 0 aromatic carbocycles. The molecular formula is C14H25N3O2. The van der Waals surface area contributed by atoms with Crippen molar-refractivity contribution in [3.05, 3.63) is 0 Å². The summed E-state index contributed by atoms with van der Waals surface area (Å²) < 4.78 is 5.44. The van der Waals surface area contributed by atoms with E-state index < -0.39 is 5.54 Å². The van der Waals surface area contributed by atoms with Gasteiger partial charge in [-0.3, -0.25) is 9.69 Å². The normalized spacial score (nSPS) is 27.6. The van der Waals surface area contributed by atoms with Gasteiger partial charge in [-0.25, -0.2) is 0 Å². The fraction of sp³-hybridized carbons (Fsp3) is 0.857. The highest BCUT2D eigenvalue weighted by atomic mass is 16.5. The standard InChI is InChI=1S/C14H25N3O2/c1-10(2)14(5,9-15)16-13(18)6-17-11(3)7-19-8-12(17)4/h10-12H,6-8H2,1-5H3,(H,16,18)/t11-,12-,14+/m1/s1. The van der Waals surface area contributed by atoms with Crippen LogP contribution in [0.15, 0.2) is 0 Å². The quantitative estimate of drug-likeness (QED) is 0.830. The molecular weight excluding hydrogens is 242 g/mol. The van der Waals surface area contributed by atoms with Gasteiger partial charge in [-0.05, 0) is 26.7 Å². The molecule has 1 saturated heterocycles. The predicted octanol–water partition coefficient (Wildman–Crippen LogP) is 1.15. The van der Waals surface area contributed by atoms with E-state index in [-0.39, 0.29) is 23.9 Å². The van der Waals surface area contributed by atoms with Crippen LogP contribution in [0.5, 0.6) is 0 Å². The summed E-state index contributed by atoms with van der Waals surface area (Å²) in [5.41, 5.74) is -0.810. The van der Waals surface area contributed by atoms with Gasteiger partial charge in [0.1, 0.15) is 5.54 Å². The van der Waals surface area contributed by atoms with Gasteiger partial charge in [0, 0.05) is 12.1 Å². The third-order valence-corrected chi connectivity index (χ3v) is 3.96. The lowest BCUT2D eigenvalue weighted by atomic mass is 9.90. The van der Waals surface area contributed by atoms with E-state index in [9.17, 15) is 10.1 Å².